The molecule has 1 aromatic carbocycles. The first-order chi connectivity index (χ1) is 7.74. The Morgan fingerprint density at radius 1 is 1.50 bits per heavy atom. The van der Waals surface area contributed by atoms with Gasteiger partial charge in [0.15, 0.2) is 0 Å². The zero-order valence-electron chi connectivity index (χ0n) is 8.43. The molecule has 16 heavy (non-hydrogen) atoms. The molecule has 1 aromatic heterocycles. The van der Waals surface area contributed by atoms with E-state index in [1.54, 1.807) is 12.1 Å². The lowest BCUT2D eigenvalue weighted by molar-refractivity contribution is 0.0697. The molecular formula is C11H10N2O2S. The largest absolute Gasteiger partial charge is 0.478 e. The fraction of sp³-hybridized carbons (Fsp3) is 0.273. The summed E-state index contributed by atoms with van der Waals surface area (Å²) in [6.07, 6.45) is 2.36. The lowest BCUT2D eigenvalue weighted by atomic mass is 10.1. The maximum Gasteiger partial charge on any atom is 0.335 e. The molecule has 1 fully saturated rings. The molecule has 0 bridgehead atoms. The van der Waals surface area contributed by atoms with Gasteiger partial charge in [0.25, 0.3) is 0 Å². The number of benzene rings is 1. The minimum atomic E-state index is -0.898. The van der Waals surface area contributed by atoms with Crippen molar-refractivity contribution < 1.29 is 9.90 Å². The predicted octanol–water partition coefficient (Wildman–Crippen LogP) is 2.57. The number of hydrogen-bond donors (Lipinski definition) is 2. The summed E-state index contributed by atoms with van der Waals surface area (Å²) in [4.78, 5) is 10.9. The molecule has 4 nitrogen and oxygen atoms in total. The van der Waals surface area contributed by atoms with E-state index in [2.05, 4.69) is 9.69 Å². The van der Waals surface area contributed by atoms with Gasteiger partial charge in [-0.05, 0) is 42.6 Å². The summed E-state index contributed by atoms with van der Waals surface area (Å²) in [5.41, 5.74) is 0.312. The Kier molecular flexibility index (Phi) is 2.07. The highest BCUT2D eigenvalue weighted by molar-refractivity contribution is 7.13. The Morgan fingerprint density at radius 3 is 3.00 bits per heavy atom. The molecule has 0 unspecified atom stereocenters. The number of rotatable bonds is 3. The predicted molar refractivity (Wildman–Crippen MR) is 63.2 cm³/mol. The zero-order valence-corrected chi connectivity index (χ0v) is 9.25. The molecule has 0 amide bonds. The minimum absolute atomic E-state index is 0.312. The van der Waals surface area contributed by atoms with Crippen LogP contribution in [0.15, 0.2) is 18.2 Å². The second kappa shape index (κ2) is 3.45. The van der Waals surface area contributed by atoms with Crippen LogP contribution in [0.4, 0.5) is 5.82 Å². The number of aromatic carboxylic acids is 1. The van der Waals surface area contributed by atoms with Crippen LogP contribution < -0.4 is 5.32 Å². The highest BCUT2D eigenvalue weighted by Crippen LogP contribution is 2.31. The Labute approximate surface area is 96.1 Å². The van der Waals surface area contributed by atoms with E-state index in [0.717, 1.165) is 15.9 Å². The summed E-state index contributed by atoms with van der Waals surface area (Å²) in [6.45, 7) is 0. The number of nitrogens with zero attached hydrogens (tertiary/aromatic N) is 1. The summed E-state index contributed by atoms with van der Waals surface area (Å²) in [5, 5.41) is 13.2. The maximum atomic E-state index is 10.9. The molecule has 2 N–H and O–H groups in total. The number of nitrogens with one attached hydrogen (secondary N) is 1. The number of carboxylic acid groups (broad SMARTS) is 1. The van der Waals surface area contributed by atoms with Crippen molar-refractivity contribution in [3.63, 3.8) is 0 Å². The number of hydrogen-bond acceptors (Lipinski definition) is 4. The summed E-state index contributed by atoms with van der Waals surface area (Å²) in [7, 11) is 0. The van der Waals surface area contributed by atoms with Gasteiger partial charge < -0.3 is 10.4 Å². The summed E-state index contributed by atoms with van der Waals surface area (Å²) >= 11 is 1.40. The highest BCUT2D eigenvalue weighted by atomic mass is 32.1. The molecule has 5 heteroatoms. The molecule has 1 aliphatic carbocycles. The van der Waals surface area contributed by atoms with Crippen molar-refractivity contribution in [3.8, 4) is 0 Å². The molecule has 82 valence electrons. The van der Waals surface area contributed by atoms with Crippen molar-refractivity contribution >= 4 is 33.4 Å². The smallest absolute Gasteiger partial charge is 0.335 e. The molecule has 0 spiro atoms. The molecule has 0 atom stereocenters. The molecule has 1 saturated carbocycles. The van der Waals surface area contributed by atoms with E-state index in [1.807, 2.05) is 6.07 Å². The van der Waals surface area contributed by atoms with E-state index < -0.39 is 5.97 Å². The van der Waals surface area contributed by atoms with Crippen LogP contribution in [0.2, 0.25) is 0 Å². The second-order valence-electron chi connectivity index (χ2n) is 3.97. The third-order valence-electron chi connectivity index (χ3n) is 2.64. The third-order valence-corrected chi connectivity index (χ3v) is 3.46. The number of anilines is 1. The van der Waals surface area contributed by atoms with Crippen molar-refractivity contribution in [3.05, 3.63) is 23.8 Å². The summed E-state index contributed by atoms with van der Waals surface area (Å²) in [5.74, 6) is -0.0731. The van der Waals surface area contributed by atoms with Gasteiger partial charge in [-0.2, -0.15) is 4.37 Å². The molecule has 2 aromatic rings. The lowest BCUT2D eigenvalue weighted by Gasteiger charge is -2.00. The van der Waals surface area contributed by atoms with Crippen molar-refractivity contribution in [1.82, 2.24) is 4.37 Å². The Balaban J connectivity index is 2.07. The molecule has 0 saturated heterocycles. The van der Waals surface area contributed by atoms with Gasteiger partial charge in [-0.15, -0.1) is 0 Å². The van der Waals surface area contributed by atoms with Crippen molar-refractivity contribution in [2.45, 2.75) is 18.9 Å². The van der Waals surface area contributed by atoms with Crippen molar-refractivity contribution in [2.24, 2.45) is 0 Å². The average molecular weight is 234 g/mol. The fourth-order valence-corrected chi connectivity index (χ4v) is 2.32. The normalized spacial score (nSPS) is 15.2. The average Bonchev–Trinajstić information content (AvgIpc) is 2.99. The first-order valence-corrected chi connectivity index (χ1v) is 5.90. The Bertz CT molecular complexity index is 560. The van der Waals surface area contributed by atoms with Gasteiger partial charge in [0.05, 0.1) is 10.3 Å². The fourth-order valence-electron chi connectivity index (χ4n) is 1.60. The van der Waals surface area contributed by atoms with Gasteiger partial charge in [0, 0.05) is 11.4 Å². The van der Waals surface area contributed by atoms with E-state index in [4.69, 9.17) is 5.11 Å². The Morgan fingerprint density at radius 2 is 2.31 bits per heavy atom. The first kappa shape index (κ1) is 9.59. The highest BCUT2D eigenvalue weighted by Gasteiger charge is 2.23. The topological polar surface area (TPSA) is 62.2 Å². The Hall–Kier alpha value is -1.62. The quantitative estimate of drug-likeness (QED) is 0.856. The third kappa shape index (κ3) is 1.63. The van der Waals surface area contributed by atoms with E-state index in [9.17, 15) is 4.79 Å². The standard InChI is InChI=1S/C11H10N2O2S/c14-11(15)6-1-4-9-8(5-6)10(13-16-9)12-7-2-3-7/h1,4-5,7H,2-3H2,(H,12,13)(H,14,15). The maximum absolute atomic E-state index is 10.9. The van der Waals surface area contributed by atoms with Crippen LogP contribution >= 0.6 is 11.5 Å². The first-order valence-electron chi connectivity index (χ1n) is 5.13. The van der Waals surface area contributed by atoms with Gasteiger partial charge >= 0.3 is 5.97 Å². The van der Waals surface area contributed by atoms with E-state index >= 15 is 0 Å². The van der Waals surface area contributed by atoms with Gasteiger partial charge in [-0.3, -0.25) is 0 Å². The number of carbonyl (C=O) groups is 1. The number of aromatic nitrogens is 1. The van der Waals surface area contributed by atoms with Crippen molar-refractivity contribution in [2.75, 3.05) is 5.32 Å². The van der Waals surface area contributed by atoms with Gasteiger partial charge in [0.1, 0.15) is 5.82 Å². The van der Waals surface area contributed by atoms with Gasteiger partial charge in [0.2, 0.25) is 0 Å². The molecule has 3 rings (SSSR count). The summed E-state index contributed by atoms with van der Waals surface area (Å²) in [6, 6.07) is 5.64. The van der Waals surface area contributed by atoms with Crippen LogP contribution in [-0.2, 0) is 0 Å². The minimum Gasteiger partial charge on any atom is -0.478 e. The van der Waals surface area contributed by atoms with Crippen LogP contribution in [0, 0.1) is 0 Å². The van der Waals surface area contributed by atoms with Gasteiger partial charge in [-0.1, -0.05) is 0 Å². The molecule has 1 aliphatic rings. The molecule has 0 aliphatic heterocycles. The van der Waals surface area contributed by atoms with Crippen LogP contribution in [0.3, 0.4) is 0 Å². The van der Waals surface area contributed by atoms with Crippen LogP contribution in [0.25, 0.3) is 10.1 Å². The lowest BCUT2D eigenvalue weighted by Crippen LogP contribution is -2.01. The molecule has 0 radical (unpaired) electrons. The second-order valence-corrected chi connectivity index (χ2v) is 4.77. The van der Waals surface area contributed by atoms with Crippen LogP contribution in [0.1, 0.15) is 23.2 Å². The SMILES string of the molecule is O=C(O)c1ccc2snc(NC3CC3)c2c1. The van der Waals surface area contributed by atoms with Crippen molar-refractivity contribution in [1.29, 1.82) is 0 Å². The van der Waals surface area contributed by atoms with E-state index in [-0.39, 0.29) is 0 Å². The van der Waals surface area contributed by atoms with Crippen LogP contribution in [-0.4, -0.2) is 21.5 Å². The zero-order chi connectivity index (χ0) is 11.1. The van der Waals surface area contributed by atoms with Crippen LogP contribution in [0.5, 0.6) is 0 Å². The number of carboxylic acids is 1. The van der Waals surface area contributed by atoms with E-state index in [1.165, 1.54) is 24.4 Å². The number of fused-ring (bicyclic) bond motifs is 1. The van der Waals surface area contributed by atoms with Gasteiger partial charge in [-0.25, -0.2) is 4.79 Å². The summed E-state index contributed by atoms with van der Waals surface area (Å²) < 4.78 is 5.33. The monoisotopic (exact) mass is 234 g/mol. The molecule has 1 heterocycles. The van der Waals surface area contributed by atoms with E-state index in [0.29, 0.717) is 11.6 Å². The molecular weight excluding hydrogens is 224 g/mol.